The molecular formula is C17H28O8. The van der Waals surface area contributed by atoms with Crippen LogP contribution in [0.4, 0.5) is 0 Å². The first-order valence-corrected chi connectivity index (χ1v) is 8.81. The first-order chi connectivity index (χ1) is 12.0. The summed E-state index contributed by atoms with van der Waals surface area (Å²) in [5.41, 5.74) is 0. The molecule has 0 aliphatic carbocycles. The van der Waals surface area contributed by atoms with Gasteiger partial charge in [-0.05, 0) is 19.3 Å². The van der Waals surface area contributed by atoms with Crippen LogP contribution in [0.2, 0.25) is 0 Å². The van der Waals surface area contributed by atoms with Gasteiger partial charge < -0.3 is 24.1 Å². The Hall–Kier alpha value is -1.67. The zero-order valence-corrected chi connectivity index (χ0v) is 15.1. The Bertz CT molecular complexity index is 450. The van der Waals surface area contributed by atoms with Crippen molar-refractivity contribution in [2.45, 2.75) is 83.9 Å². The SMILES string of the molecule is CCCC(=O)OC1O[C@H](CO)[C@@H](OC(=O)CCC)[C@H]1OC(=O)CCC. The molecule has 0 saturated carbocycles. The summed E-state index contributed by atoms with van der Waals surface area (Å²) in [7, 11) is 0. The van der Waals surface area contributed by atoms with Crippen molar-refractivity contribution in [3.05, 3.63) is 0 Å². The van der Waals surface area contributed by atoms with Gasteiger partial charge in [0.15, 0.2) is 6.10 Å². The van der Waals surface area contributed by atoms with Crippen molar-refractivity contribution in [1.82, 2.24) is 0 Å². The van der Waals surface area contributed by atoms with Crippen LogP contribution in [0, 0.1) is 0 Å². The molecule has 1 saturated heterocycles. The molecule has 0 bridgehead atoms. The minimum absolute atomic E-state index is 0.172. The van der Waals surface area contributed by atoms with Crippen LogP contribution in [0.1, 0.15) is 59.3 Å². The molecule has 0 spiro atoms. The number of carbonyl (C=O) groups is 3. The summed E-state index contributed by atoms with van der Waals surface area (Å²) in [5, 5.41) is 9.49. The molecule has 1 unspecified atom stereocenters. The highest BCUT2D eigenvalue weighted by Crippen LogP contribution is 2.29. The van der Waals surface area contributed by atoms with Crippen LogP contribution in [-0.4, -0.2) is 54.2 Å². The number of hydrogen-bond acceptors (Lipinski definition) is 8. The summed E-state index contributed by atoms with van der Waals surface area (Å²) >= 11 is 0. The fraction of sp³-hybridized carbons (Fsp3) is 0.824. The van der Waals surface area contributed by atoms with Gasteiger partial charge in [-0.25, -0.2) is 0 Å². The normalized spacial score (nSPS) is 25.4. The van der Waals surface area contributed by atoms with Gasteiger partial charge in [0.2, 0.25) is 12.4 Å². The maximum Gasteiger partial charge on any atom is 0.308 e. The number of hydrogen-bond donors (Lipinski definition) is 1. The van der Waals surface area contributed by atoms with Gasteiger partial charge in [0.05, 0.1) is 6.61 Å². The monoisotopic (exact) mass is 360 g/mol. The van der Waals surface area contributed by atoms with E-state index in [0.29, 0.717) is 19.3 Å². The predicted octanol–water partition coefficient (Wildman–Crippen LogP) is 1.47. The van der Waals surface area contributed by atoms with Crippen LogP contribution in [0.5, 0.6) is 0 Å². The van der Waals surface area contributed by atoms with Gasteiger partial charge in [-0.2, -0.15) is 0 Å². The highest BCUT2D eigenvalue weighted by molar-refractivity contribution is 5.71. The molecule has 0 aromatic heterocycles. The second-order valence-corrected chi connectivity index (χ2v) is 5.87. The van der Waals surface area contributed by atoms with Crippen molar-refractivity contribution in [2.75, 3.05) is 6.61 Å². The molecular weight excluding hydrogens is 332 g/mol. The molecule has 0 aromatic carbocycles. The topological polar surface area (TPSA) is 108 Å². The summed E-state index contributed by atoms with van der Waals surface area (Å²) in [4.78, 5) is 35.5. The van der Waals surface area contributed by atoms with Gasteiger partial charge in [0, 0.05) is 19.3 Å². The molecule has 1 aliphatic rings. The van der Waals surface area contributed by atoms with E-state index >= 15 is 0 Å². The van der Waals surface area contributed by atoms with Crippen molar-refractivity contribution >= 4 is 17.9 Å². The van der Waals surface area contributed by atoms with Gasteiger partial charge in [-0.15, -0.1) is 0 Å². The molecule has 8 nitrogen and oxygen atoms in total. The highest BCUT2D eigenvalue weighted by Gasteiger charge is 2.51. The highest BCUT2D eigenvalue weighted by atomic mass is 16.7. The Kier molecular flexibility index (Phi) is 9.44. The lowest BCUT2D eigenvalue weighted by Crippen LogP contribution is -2.42. The summed E-state index contributed by atoms with van der Waals surface area (Å²) < 4.78 is 21.3. The van der Waals surface area contributed by atoms with E-state index in [1.165, 1.54) is 0 Å². The Morgan fingerprint density at radius 3 is 1.68 bits per heavy atom. The lowest BCUT2D eigenvalue weighted by atomic mass is 10.1. The summed E-state index contributed by atoms with van der Waals surface area (Å²) in [5.74, 6) is -1.52. The van der Waals surface area contributed by atoms with Gasteiger partial charge in [0.25, 0.3) is 0 Å². The maximum atomic E-state index is 11.9. The maximum absolute atomic E-state index is 11.9. The third kappa shape index (κ3) is 6.62. The lowest BCUT2D eigenvalue weighted by Gasteiger charge is -2.23. The van der Waals surface area contributed by atoms with E-state index in [2.05, 4.69) is 0 Å². The molecule has 1 heterocycles. The minimum atomic E-state index is -1.21. The molecule has 144 valence electrons. The minimum Gasteiger partial charge on any atom is -0.455 e. The van der Waals surface area contributed by atoms with Gasteiger partial charge in [-0.3, -0.25) is 14.4 Å². The standard InChI is InChI=1S/C17H28O8/c1-4-7-12(19)23-15-11(10-18)22-17(25-14(21)9-6-3)16(15)24-13(20)8-5-2/h11,15-18H,4-10H2,1-3H3/t11-,15-,16-,17?/m1/s1. The van der Waals surface area contributed by atoms with E-state index < -0.39 is 49.1 Å². The average Bonchev–Trinajstić information content (AvgIpc) is 2.85. The number of esters is 3. The van der Waals surface area contributed by atoms with E-state index in [1.54, 1.807) is 0 Å². The second kappa shape index (κ2) is 11.0. The molecule has 8 heteroatoms. The Morgan fingerprint density at radius 1 is 0.800 bits per heavy atom. The van der Waals surface area contributed by atoms with Crippen molar-refractivity contribution < 1.29 is 38.4 Å². The Morgan fingerprint density at radius 2 is 1.24 bits per heavy atom. The number of aliphatic hydroxyl groups is 1. The molecule has 1 aliphatic heterocycles. The van der Waals surface area contributed by atoms with E-state index in [0.717, 1.165) is 0 Å². The van der Waals surface area contributed by atoms with E-state index in [1.807, 2.05) is 20.8 Å². The zero-order chi connectivity index (χ0) is 18.8. The molecule has 0 amide bonds. The molecule has 1 fully saturated rings. The van der Waals surface area contributed by atoms with Crippen LogP contribution >= 0.6 is 0 Å². The third-order valence-electron chi connectivity index (χ3n) is 3.59. The fourth-order valence-corrected chi connectivity index (χ4v) is 2.42. The first kappa shape index (κ1) is 21.4. The molecule has 0 radical (unpaired) electrons. The van der Waals surface area contributed by atoms with Crippen LogP contribution in [0.15, 0.2) is 0 Å². The quantitative estimate of drug-likeness (QED) is 0.461. The summed E-state index contributed by atoms with van der Waals surface area (Å²) in [6.45, 7) is 5.00. The smallest absolute Gasteiger partial charge is 0.308 e. The molecule has 0 aromatic rings. The fourth-order valence-electron chi connectivity index (χ4n) is 2.42. The van der Waals surface area contributed by atoms with Gasteiger partial charge in [0.1, 0.15) is 6.10 Å². The van der Waals surface area contributed by atoms with Crippen LogP contribution in [0.3, 0.4) is 0 Å². The Labute approximate surface area is 147 Å². The number of aliphatic hydroxyl groups excluding tert-OH is 1. The predicted molar refractivity (Wildman–Crippen MR) is 86.3 cm³/mol. The van der Waals surface area contributed by atoms with Crippen LogP contribution in [-0.2, 0) is 33.3 Å². The molecule has 4 atom stereocenters. The average molecular weight is 360 g/mol. The zero-order valence-electron chi connectivity index (χ0n) is 15.1. The van der Waals surface area contributed by atoms with E-state index in [9.17, 15) is 19.5 Å². The number of ether oxygens (including phenoxy) is 4. The summed E-state index contributed by atoms with van der Waals surface area (Å²) in [6.07, 6.45) is -1.97. The van der Waals surface area contributed by atoms with Crippen molar-refractivity contribution in [1.29, 1.82) is 0 Å². The van der Waals surface area contributed by atoms with Crippen molar-refractivity contribution in [2.24, 2.45) is 0 Å². The third-order valence-corrected chi connectivity index (χ3v) is 3.59. The molecule has 1 rings (SSSR count). The summed E-state index contributed by atoms with van der Waals surface area (Å²) in [6, 6.07) is 0. The number of carbonyl (C=O) groups excluding carboxylic acids is 3. The second-order valence-electron chi connectivity index (χ2n) is 5.87. The molecule has 25 heavy (non-hydrogen) atoms. The first-order valence-electron chi connectivity index (χ1n) is 8.81. The Balaban J connectivity index is 2.91. The van der Waals surface area contributed by atoms with Crippen molar-refractivity contribution in [3.63, 3.8) is 0 Å². The van der Waals surface area contributed by atoms with Gasteiger partial charge >= 0.3 is 17.9 Å². The number of rotatable bonds is 10. The lowest BCUT2D eigenvalue weighted by molar-refractivity contribution is -0.199. The van der Waals surface area contributed by atoms with E-state index in [-0.39, 0.29) is 19.3 Å². The van der Waals surface area contributed by atoms with Crippen molar-refractivity contribution in [3.8, 4) is 0 Å². The van der Waals surface area contributed by atoms with E-state index in [4.69, 9.17) is 18.9 Å². The van der Waals surface area contributed by atoms with Crippen LogP contribution < -0.4 is 0 Å². The molecule has 1 N–H and O–H groups in total. The van der Waals surface area contributed by atoms with Crippen LogP contribution in [0.25, 0.3) is 0 Å². The largest absolute Gasteiger partial charge is 0.455 e. The van der Waals surface area contributed by atoms with Gasteiger partial charge in [-0.1, -0.05) is 20.8 Å².